The van der Waals surface area contributed by atoms with Crippen molar-refractivity contribution in [1.82, 2.24) is 10.3 Å². The molecule has 4 N–H and O–H groups in total. The maximum atomic E-state index is 12.5. The number of hydrogen-bond acceptors (Lipinski definition) is 8. The lowest BCUT2D eigenvalue weighted by atomic mass is 10.0. The number of nitro groups is 1. The van der Waals surface area contributed by atoms with Gasteiger partial charge in [-0.05, 0) is 54.5 Å². The molecule has 192 valence electrons. The highest BCUT2D eigenvalue weighted by molar-refractivity contribution is 5.90. The molecule has 0 radical (unpaired) electrons. The third kappa shape index (κ3) is 6.54. The van der Waals surface area contributed by atoms with Crippen molar-refractivity contribution >= 4 is 23.0 Å². The van der Waals surface area contributed by atoms with Gasteiger partial charge in [-0.25, -0.2) is 4.99 Å². The Labute approximate surface area is 210 Å². The molecule has 0 saturated heterocycles. The molecule has 1 aromatic heterocycles. The molecule has 1 unspecified atom stereocenters. The summed E-state index contributed by atoms with van der Waals surface area (Å²) in [5.41, 5.74) is 10.2. The first-order valence-corrected chi connectivity index (χ1v) is 11.1. The zero-order valence-electron chi connectivity index (χ0n) is 19.6. The molecule has 0 aliphatic carbocycles. The van der Waals surface area contributed by atoms with Gasteiger partial charge in [0.15, 0.2) is 12.6 Å². The van der Waals surface area contributed by atoms with Gasteiger partial charge >= 0.3 is 6.18 Å². The third-order valence-corrected chi connectivity index (χ3v) is 5.62. The highest BCUT2D eigenvalue weighted by Gasteiger charge is 2.28. The lowest BCUT2D eigenvalue weighted by molar-refractivity contribution is -0.384. The molecule has 0 saturated carbocycles. The smallest absolute Gasteiger partial charge is 0.422 e. The first-order chi connectivity index (χ1) is 17.6. The summed E-state index contributed by atoms with van der Waals surface area (Å²) >= 11 is 0. The highest BCUT2D eigenvalue weighted by atomic mass is 19.4. The van der Waals surface area contributed by atoms with Gasteiger partial charge < -0.3 is 21.1 Å². The Balaban J connectivity index is 1.43. The van der Waals surface area contributed by atoms with Crippen LogP contribution in [0.4, 0.5) is 24.5 Å². The molecule has 1 aliphatic rings. The van der Waals surface area contributed by atoms with Crippen LogP contribution in [0.25, 0.3) is 5.70 Å². The van der Waals surface area contributed by atoms with Gasteiger partial charge in [-0.2, -0.15) is 13.2 Å². The number of anilines is 1. The molecular formula is C25H23F3N6O3. The van der Waals surface area contributed by atoms with Crippen LogP contribution in [0.5, 0.6) is 5.75 Å². The third-order valence-electron chi connectivity index (χ3n) is 5.62. The number of pyridine rings is 1. The molecule has 9 nitrogen and oxygen atoms in total. The average molecular weight is 512 g/mol. The summed E-state index contributed by atoms with van der Waals surface area (Å²) in [5, 5.41) is 17.1. The van der Waals surface area contributed by atoms with Gasteiger partial charge in [-0.1, -0.05) is 12.1 Å². The van der Waals surface area contributed by atoms with Gasteiger partial charge in [0, 0.05) is 35.3 Å². The maximum Gasteiger partial charge on any atom is 0.422 e. The van der Waals surface area contributed by atoms with Crippen LogP contribution < -0.4 is 21.1 Å². The second-order valence-electron chi connectivity index (χ2n) is 8.23. The number of alkyl halides is 3. The Hall–Kier alpha value is -4.61. The summed E-state index contributed by atoms with van der Waals surface area (Å²) in [6, 6.07) is 14.6. The zero-order chi connectivity index (χ0) is 26.6. The predicted molar refractivity (Wildman–Crippen MR) is 133 cm³/mol. The standard InChI is InChI=1S/C25H23F3N6O3/c1-15-22(30-11-10-23(15)37-14-25(26,27)28)13-31-18-6-2-16(3-7-18)20-12-21(33-24(29)32-20)17-4-8-19(9-5-17)34(35)36/h2-12,21,31H,13-14H2,1H3,(H3,29,32,33). The number of nitro benzene ring substituents is 1. The minimum absolute atomic E-state index is 0.00659. The minimum atomic E-state index is -4.42. The number of benzene rings is 2. The Bertz CT molecular complexity index is 1340. The van der Waals surface area contributed by atoms with Crippen LogP contribution in [-0.4, -0.2) is 28.7 Å². The van der Waals surface area contributed by atoms with Crippen molar-refractivity contribution in [3.63, 3.8) is 0 Å². The SMILES string of the molecule is Cc1c(OCC(F)(F)F)ccnc1CNc1ccc(C2=CC(c3ccc([N+](=O)[O-])cc3)N=C(N)N2)cc1. The maximum absolute atomic E-state index is 12.5. The second kappa shape index (κ2) is 10.6. The van der Waals surface area contributed by atoms with Crippen molar-refractivity contribution in [2.45, 2.75) is 25.7 Å². The van der Waals surface area contributed by atoms with Crippen molar-refractivity contribution in [3.8, 4) is 5.75 Å². The van der Waals surface area contributed by atoms with Crippen molar-refractivity contribution in [2.24, 2.45) is 10.7 Å². The van der Waals surface area contributed by atoms with E-state index >= 15 is 0 Å². The molecule has 12 heteroatoms. The number of rotatable bonds is 8. The fourth-order valence-electron chi connectivity index (χ4n) is 3.70. The first kappa shape index (κ1) is 25.5. The number of hydrogen-bond donors (Lipinski definition) is 3. The summed E-state index contributed by atoms with van der Waals surface area (Å²) in [5.74, 6) is 0.355. The van der Waals surface area contributed by atoms with Crippen LogP contribution in [0.2, 0.25) is 0 Å². The molecule has 1 aliphatic heterocycles. The van der Waals surface area contributed by atoms with Crippen molar-refractivity contribution < 1.29 is 22.8 Å². The monoisotopic (exact) mass is 512 g/mol. The van der Waals surface area contributed by atoms with Crippen molar-refractivity contribution in [1.29, 1.82) is 0 Å². The summed E-state index contributed by atoms with van der Waals surface area (Å²) in [4.78, 5) is 19.1. The Morgan fingerprint density at radius 3 is 2.49 bits per heavy atom. The van der Waals surface area contributed by atoms with E-state index < -0.39 is 23.7 Å². The van der Waals surface area contributed by atoms with Crippen LogP contribution in [0.1, 0.15) is 28.4 Å². The zero-order valence-corrected chi connectivity index (χ0v) is 19.6. The highest BCUT2D eigenvalue weighted by Crippen LogP contribution is 2.28. The normalized spacial score (nSPS) is 15.3. The molecule has 0 spiro atoms. The van der Waals surface area contributed by atoms with E-state index in [0.717, 1.165) is 22.5 Å². The molecule has 0 amide bonds. The summed E-state index contributed by atoms with van der Waals surface area (Å²) < 4.78 is 42.3. The van der Waals surface area contributed by atoms with Gasteiger partial charge in [-0.15, -0.1) is 0 Å². The van der Waals surface area contributed by atoms with E-state index in [1.807, 2.05) is 30.3 Å². The molecule has 0 bridgehead atoms. The van der Waals surface area contributed by atoms with Crippen LogP contribution in [0.15, 0.2) is 71.9 Å². The molecule has 2 aromatic carbocycles. The molecule has 37 heavy (non-hydrogen) atoms. The van der Waals surface area contributed by atoms with E-state index in [4.69, 9.17) is 10.5 Å². The molecule has 3 aromatic rings. The van der Waals surface area contributed by atoms with Crippen LogP contribution in [0, 0.1) is 17.0 Å². The number of non-ortho nitro benzene ring substituents is 1. The molecular weight excluding hydrogens is 489 g/mol. The Morgan fingerprint density at radius 1 is 1.14 bits per heavy atom. The number of nitrogens with zero attached hydrogens (tertiary/aromatic N) is 3. The van der Waals surface area contributed by atoms with E-state index in [9.17, 15) is 23.3 Å². The van der Waals surface area contributed by atoms with Gasteiger partial charge in [0.25, 0.3) is 5.69 Å². The van der Waals surface area contributed by atoms with Gasteiger partial charge in [-0.3, -0.25) is 15.1 Å². The van der Waals surface area contributed by atoms with E-state index in [1.165, 1.54) is 24.4 Å². The van der Waals surface area contributed by atoms with E-state index in [2.05, 4.69) is 20.6 Å². The number of guanidine groups is 1. The molecule has 1 atom stereocenters. The number of nitrogens with two attached hydrogens (primary N) is 1. The van der Waals surface area contributed by atoms with E-state index in [-0.39, 0.29) is 23.9 Å². The van der Waals surface area contributed by atoms with Gasteiger partial charge in [0.05, 0.1) is 23.2 Å². The van der Waals surface area contributed by atoms with E-state index in [1.54, 1.807) is 19.1 Å². The van der Waals surface area contributed by atoms with Gasteiger partial charge in [0.2, 0.25) is 0 Å². The van der Waals surface area contributed by atoms with Gasteiger partial charge in [0.1, 0.15) is 5.75 Å². The number of halogens is 3. The van der Waals surface area contributed by atoms with Crippen molar-refractivity contribution in [3.05, 3.63) is 99.4 Å². The lowest BCUT2D eigenvalue weighted by Gasteiger charge is -2.21. The molecule has 2 heterocycles. The van der Waals surface area contributed by atoms with Crippen LogP contribution >= 0.6 is 0 Å². The predicted octanol–water partition coefficient (Wildman–Crippen LogP) is 4.85. The Morgan fingerprint density at radius 2 is 1.84 bits per heavy atom. The average Bonchev–Trinajstić information content (AvgIpc) is 2.87. The quantitative estimate of drug-likeness (QED) is 0.291. The lowest BCUT2D eigenvalue weighted by Crippen LogP contribution is -2.33. The minimum Gasteiger partial charge on any atom is -0.484 e. The number of nitrogens with one attached hydrogen (secondary N) is 2. The number of aromatic nitrogens is 1. The number of ether oxygens (including phenoxy) is 1. The molecule has 4 rings (SSSR count). The first-order valence-electron chi connectivity index (χ1n) is 11.1. The number of aliphatic imine (C=N–C) groups is 1. The molecule has 0 fully saturated rings. The van der Waals surface area contributed by atoms with E-state index in [0.29, 0.717) is 11.3 Å². The largest absolute Gasteiger partial charge is 0.484 e. The fraction of sp³-hybridized carbons (Fsp3) is 0.200. The van der Waals surface area contributed by atoms with Crippen molar-refractivity contribution in [2.75, 3.05) is 11.9 Å². The topological polar surface area (TPSA) is 128 Å². The second-order valence-corrected chi connectivity index (χ2v) is 8.23. The summed E-state index contributed by atoms with van der Waals surface area (Å²) in [6.07, 6.45) is -1.13. The van der Waals surface area contributed by atoms with Crippen LogP contribution in [-0.2, 0) is 6.54 Å². The summed E-state index contributed by atoms with van der Waals surface area (Å²) in [7, 11) is 0. The van der Waals surface area contributed by atoms with Crippen LogP contribution in [0.3, 0.4) is 0 Å². The Kier molecular flexibility index (Phi) is 7.27. The summed E-state index contributed by atoms with van der Waals surface area (Å²) in [6.45, 7) is 0.584. The fourth-order valence-corrected chi connectivity index (χ4v) is 3.70.